The van der Waals surface area contributed by atoms with Crippen LogP contribution in [0.2, 0.25) is 0 Å². The standard InChI is InChI=1S/C18H27N3O3/c1-5-9-18(10-6-2)11-7-8-12-21(18)15(22)13-14-16(23)20(4)17(24)19(14)3/h5-6,14H,1-2,7-13H2,3-4H3/t14-/m1/s1. The number of likely N-dealkylation sites (N-methyl/N-ethyl adjacent to an activating group) is 2. The van der Waals surface area contributed by atoms with Gasteiger partial charge in [0, 0.05) is 26.2 Å². The third-order valence-electron chi connectivity index (χ3n) is 5.24. The van der Waals surface area contributed by atoms with E-state index in [-0.39, 0.29) is 29.8 Å². The van der Waals surface area contributed by atoms with Crippen LogP contribution < -0.4 is 0 Å². The maximum absolute atomic E-state index is 13.0. The Labute approximate surface area is 143 Å². The van der Waals surface area contributed by atoms with Gasteiger partial charge in [-0.15, -0.1) is 13.2 Å². The molecule has 2 fully saturated rings. The number of urea groups is 1. The van der Waals surface area contributed by atoms with Crippen LogP contribution >= 0.6 is 0 Å². The van der Waals surface area contributed by atoms with Crippen LogP contribution in [0, 0.1) is 0 Å². The number of carbonyl (C=O) groups excluding carboxylic acids is 3. The highest BCUT2D eigenvalue weighted by Crippen LogP contribution is 2.36. The Kier molecular flexibility index (Phi) is 5.47. The summed E-state index contributed by atoms with van der Waals surface area (Å²) >= 11 is 0. The summed E-state index contributed by atoms with van der Waals surface area (Å²) in [5.74, 6) is -0.391. The van der Waals surface area contributed by atoms with Gasteiger partial charge in [0.25, 0.3) is 5.91 Å². The number of rotatable bonds is 6. The highest BCUT2D eigenvalue weighted by Gasteiger charge is 2.45. The normalized spacial score (nSPS) is 23.6. The molecule has 6 heteroatoms. The largest absolute Gasteiger partial charge is 0.336 e. The number of piperidine rings is 1. The molecule has 2 saturated heterocycles. The van der Waals surface area contributed by atoms with Crippen LogP contribution in [0.1, 0.15) is 38.5 Å². The lowest BCUT2D eigenvalue weighted by molar-refractivity contribution is -0.143. The van der Waals surface area contributed by atoms with Crippen LogP contribution in [0.4, 0.5) is 4.79 Å². The molecule has 0 unspecified atom stereocenters. The summed E-state index contributed by atoms with van der Waals surface area (Å²) in [4.78, 5) is 41.4. The van der Waals surface area contributed by atoms with Gasteiger partial charge in [0.1, 0.15) is 6.04 Å². The second-order valence-electron chi connectivity index (χ2n) is 6.72. The van der Waals surface area contributed by atoms with Gasteiger partial charge >= 0.3 is 6.03 Å². The fourth-order valence-electron chi connectivity index (χ4n) is 3.88. The molecule has 1 atom stereocenters. The molecule has 2 rings (SSSR count). The van der Waals surface area contributed by atoms with E-state index in [0.29, 0.717) is 19.4 Å². The number of carbonyl (C=O) groups is 3. The molecular formula is C18H27N3O3. The molecule has 24 heavy (non-hydrogen) atoms. The Bertz CT molecular complexity index is 548. The molecule has 0 radical (unpaired) electrons. The summed E-state index contributed by atoms with van der Waals surface area (Å²) in [6.45, 7) is 8.35. The van der Waals surface area contributed by atoms with Crippen molar-refractivity contribution in [3.8, 4) is 0 Å². The van der Waals surface area contributed by atoms with E-state index in [9.17, 15) is 14.4 Å². The van der Waals surface area contributed by atoms with Crippen LogP contribution in [0.15, 0.2) is 25.3 Å². The highest BCUT2D eigenvalue weighted by atomic mass is 16.2. The van der Waals surface area contributed by atoms with Crippen molar-refractivity contribution < 1.29 is 14.4 Å². The molecule has 2 heterocycles. The zero-order chi connectivity index (χ0) is 17.9. The van der Waals surface area contributed by atoms with Crippen molar-refractivity contribution in [2.45, 2.75) is 50.1 Å². The molecule has 132 valence electrons. The fraction of sp³-hybridized carbons (Fsp3) is 0.611. The van der Waals surface area contributed by atoms with E-state index < -0.39 is 6.04 Å². The fourth-order valence-corrected chi connectivity index (χ4v) is 3.88. The van der Waals surface area contributed by atoms with Crippen LogP contribution in [0.3, 0.4) is 0 Å². The summed E-state index contributed by atoms with van der Waals surface area (Å²) in [5, 5.41) is 0. The Hall–Kier alpha value is -2.11. The highest BCUT2D eigenvalue weighted by molar-refractivity contribution is 6.05. The Morgan fingerprint density at radius 3 is 2.33 bits per heavy atom. The van der Waals surface area contributed by atoms with Crippen molar-refractivity contribution in [2.24, 2.45) is 0 Å². The average Bonchev–Trinajstić information content (AvgIpc) is 2.73. The lowest BCUT2D eigenvalue weighted by atomic mass is 9.80. The lowest BCUT2D eigenvalue weighted by Gasteiger charge is -2.47. The molecule has 0 spiro atoms. The number of likely N-dealkylation sites (tertiary alicyclic amines) is 1. The SMILES string of the molecule is C=CCC1(CC=C)CCCCN1C(=O)C[C@@H]1C(=O)N(C)C(=O)N1C. The van der Waals surface area contributed by atoms with Gasteiger partial charge in [-0.05, 0) is 32.1 Å². The van der Waals surface area contributed by atoms with E-state index in [1.807, 2.05) is 17.1 Å². The van der Waals surface area contributed by atoms with Gasteiger partial charge in [-0.1, -0.05) is 12.2 Å². The number of nitrogens with zero attached hydrogens (tertiary/aromatic N) is 3. The first-order valence-corrected chi connectivity index (χ1v) is 8.44. The molecule has 0 aliphatic carbocycles. The molecule has 2 aliphatic rings. The van der Waals surface area contributed by atoms with Crippen LogP contribution in [-0.2, 0) is 9.59 Å². The van der Waals surface area contributed by atoms with Gasteiger partial charge in [-0.25, -0.2) is 4.79 Å². The van der Waals surface area contributed by atoms with Crippen LogP contribution in [0.5, 0.6) is 0 Å². The molecule has 0 bridgehead atoms. The van der Waals surface area contributed by atoms with Crippen molar-refractivity contribution in [3.05, 3.63) is 25.3 Å². The monoisotopic (exact) mass is 333 g/mol. The number of hydrogen-bond donors (Lipinski definition) is 0. The summed E-state index contributed by atoms with van der Waals surface area (Å²) < 4.78 is 0. The molecule has 0 N–H and O–H groups in total. The third-order valence-corrected chi connectivity index (χ3v) is 5.24. The first-order chi connectivity index (χ1) is 11.4. The van der Waals surface area contributed by atoms with Gasteiger partial charge in [-0.3, -0.25) is 14.5 Å². The van der Waals surface area contributed by atoms with Crippen molar-refractivity contribution >= 4 is 17.8 Å². The number of imide groups is 1. The summed E-state index contributed by atoms with van der Waals surface area (Å²) in [6, 6.07) is -1.07. The van der Waals surface area contributed by atoms with E-state index in [1.54, 1.807) is 7.05 Å². The molecule has 2 aliphatic heterocycles. The number of hydrogen-bond acceptors (Lipinski definition) is 3. The van der Waals surface area contributed by atoms with Gasteiger partial charge in [0.15, 0.2) is 0 Å². The Balaban J connectivity index is 2.20. The minimum atomic E-state index is -0.706. The molecule has 0 aromatic rings. The molecule has 0 aromatic heterocycles. The van der Waals surface area contributed by atoms with E-state index in [2.05, 4.69) is 13.2 Å². The second kappa shape index (κ2) is 7.20. The predicted octanol–water partition coefficient (Wildman–Crippen LogP) is 2.17. The smallest absolute Gasteiger partial charge is 0.326 e. The molecular weight excluding hydrogens is 306 g/mol. The summed E-state index contributed by atoms with van der Waals surface area (Å²) in [7, 11) is 3.02. The van der Waals surface area contributed by atoms with Gasteiger partial charge < -0.3 is 9.80 Å². The second-order valence-corrected chi connectivity index (χ2v) is 6.72. The number of amides is 4. The maximum Gasteiger partial charge on any atom is 0.326 e. The van der Waals surface area contributed by atoms with Gasteiger partial charge in [0.05, 0.1) is 6.42 Å². The average molecular weight is 333 g/mol. The lowest BCUT2D eigenvalue weighted by Crippen LogP contribution is -2.55. The van der Waals surface area contributed by atoms with Crippen molar-refractivity contribution in [2.75, 3.05) is 20.6 Å². The maximum atomic E-state index is 13.0. The summed E-state index contributed by atoms with van der Waals surface area (Å²) in [5.41, 5.74) is -0.297. The Morgan fingerprint density at radius 2 is 1.83 bits per heavy atom. The Morgan fingerprint density at radius 1 is 1.21 bits per heavy atom. The van der Waals surface area contributed by atoms with E-state index in [4.69, 9.17) is 0 Å². The zero-order valence-corrected chi connectivity index (χ0v) is 14.7. The minimum Gasteiger partial charge on any atom is -0.336 e. The van der Waals surface area contributed by atoms with E-state index in [1.165, 1.54) is 11.9 Å². The van der Waals surface area contributed by atoms with E-state index in [0.717, 1.165) is 24.2 Å². The molecule has 0 saturated carbocycles. The van der Waals surface area contributed by atoms with Crippen molar-refractivity contribution in [1.82, 2.24) is 14.7 Å². The van der Waals surface area contributed by atoms with Crippen molar-refractivity contribution in [1.29, 1.82) is 0 Å². The summed E-state index contributed by atoms with van der Waals surface area (Å²) in [6.07, 6.45) is 8.06. The van der Waals surface area contributed by atoms with Gasteiger partial charge in [-0.2, -0.15) is 0 Å². The van der Waals surface area contributed by atoms with Crippen LogP contribution in [-0.4, -0.2) is 64.8 Å². The quantitative estimate of drug-likeness (QED) is 0.553. The van der Waals surface area contributed by atoms with E-state index >= 15 is 0 Å². The molecule has 0 aromatic carbocycles. The third kappa shape index (κ3) is 3.09. The zero-order valence-electron chi connectivity index (χ0n) is 14.7. The minimum absolute atomic E-state index is 0.0292. The predicted molar refractivity (Wildman–Crippen MR) is 92.3 cm³/mol. The van der Waals surface area contributed by atoms with Crippen molar-refractivity contribution in [3.63, 3.8) is 0 Å². The first kappa shape index (κ1) is 18.2. The molecule has 6 nitrogen and oxygen atoms in total. The first-order valence-electron chi connectivity index (χ1n) is 8.44. The van der Waals surface area contributed by atoms with Crippen LogP contribution in [0.25, 0.3) is 0 Å². The molecule has 4 amide bonds. The topological polar surface area (TPSA) is 60.9 Å². The van der Waals surface area contributed by atoms with Gasteiger partial charge in [0.2, 0.25) is 5.91 Å².